The molecule has 0 saturated carbocycles. The van der Waals surface area contributed by atoms with Crippen LogP contribution in [0.1, 0.15) is 6.92 Å². The topological polar surface area (TPSA) is 29.1 Å². The summed E-state index contributed by atoms with van der Waals surface area (Å²) < 4.78 is 0. The number of hydrogen-bond donors (Lipinski definition) is 1. The molecule has 0 aromatic heterocycles. The minimum Gasteiger partial charge on any atom is -0.384 e. The Balaban J connectivity index is 2.69. The molecule has 0 atom stereocenters. The molecular formula is C7H9NO. The summed E-state index contributed by atoms with van der Waals surface area (Å²) in [6, 6.07) is 0. The number of dihydropyridines is 1. The van der Waals surface area contributed by atoms with Gasteiger partial charge in [-0.1, -0.05) is 6.08 Å². The summed E-state index contributed by atoms with van der Waals surface area (Å²) in [5.74, 6) is 0. The second kappa shape index (κ2) is 2.49. The third kappa shape index (κ3) is 1.42. The lowest BCUT2D eigenvalue weighted by atomic mass is 10.2. The van der Waals surface area contributed by atoms with Crippen molar-refractivity contribution in [2.45, 2.75) is 6.92 Å². The lowest BCUT2D eigenvalue weighted by Crippen LogP contribution is -2.18. The number of rotatable bonds is 1. The number of carbonyl (C=O) groups excluding carboxylic acids is 1. The standard InChI is InChI=1S/C7H9NO/c1-6-2-3-7(5-9)4-8-6/h2-3,5,8H,4H2,1H3. The molecule has 0 saturated heterocycles. The van der Waals surface area contributed by atoms with E-state index in [0.717, 1.165) is 17.6 Å². The van der Waals surface area contributed by atoms with Crippen LogP contribution < -0.4 is 5.32 Å². The van der Waals surface area contributed by atoms with E-state index in [1.165, 1.54) is 0 Å². The summed E-state index contributed by atoms with van der Waals surface area (Å²) in [7, 11) is 0. The summed E-state index contributed by atoms with van der Waals surface area (Å²) in [5.41, 5.74) is 1.92. The lowest BCUT2D eigenvalue weighted by molar-refractivity contribution is -0.104. The van der Waals surface area contributed by atoms with Crippen LogP contribution in [-0.2, 0) is 4.79 Å². The van der Waals surface area contributed by atoms with Gasteiger partial charge in [-0.3, -0.25) is 4.79 Å². The lowest BCUT2D eigenvalue weighted by Gasteiger charge is -2.09. The molecule has 0 spiro atoms. The number of hydrogen-bond acceptors (Lipinski definition) is 2. The summed E-state index contributed by atoms with van der Waals surface area (Å²) >= 11 is 0. The normalized spacial score (nSPS) is 17.4. The van der Waals surface area contributed by atoms with Crippen molar-refractivity contribution >= 4 is 6.29 Å². The second-order valence-electron chi connectivity index (χ2n) is 2.06. The first-order chi connectivity index (χ1) is 4.33. The SMILES string of the molecule is CC1=CC=C(C=O)CN1. The fourth-order valence-corrected chi connectivity index (χ4v) is 0.672. The minimum atomic E-state index is 0.672. The van der Waals surface area contributed by atoms with Gasteiger partial charge in [0, 0.05) is 17.8 Å². The zero-order chi connectivity index (χ0) is 6.69. The van der Waals surface area contributed by atoms with Crippen LogP contribution in [0.3, 0.4) is 0 Å². The van der Waals surface area contributed by atoms with Crippen LogP contribution in [0, 0.1) is 0 Å². The Morgan fingerprint density at radius 3 is 2.89 bits per heavy atom. The van der Waals surface area contributed by atoms with Crippen LogP contribution in [0.4, 0.5) is 0 Å². The number of aldehydes is 1. The molecule has 0 aromatic carbocycles. The maximum atomic E-state index is 10.1. The van der Waals surface area contributed by atoms with E-state index in [4.69, 9.17) is 0 Å². The molecule has 2 nitrogen and oxygen atoms in total. The molecule has 1 rings (SSSR count). The third-order valence-corrected chi connectivity index (χ3v) is 1.27. The molecule has 1 heterocycles. The average Bonchev–Trinajstić information content (AvgIpc) is 1.90. The van der Waals surface area contributed by atoms with Gasteiger partial charge >= 0.3 is 0 Å². The van der Waals surface area contributed by atoms with E-state index >= 15 is 0 Å². The van der Waals surface area contributed by atoms with E-state index in [0.29, 0.717) is 6.54 Å². The predicted octanol–water partition coefficient (Wildman–Crippen LogP) is 0.619. The Labute approximate surface area is 54.3 Å². The summed E-state index contributed by atoms with van der Waals surface area (Å²) in [4.78, 5) is 10.1. The fourth-order valence-electron chi connectivity index (χ4n) is 0.672. The fraction of sp³-hybridized carbons (Fsp3) is 0.286. The second-order valence-corrected chi connectivity index (χ2v) is 2.06. The molecule has 1 N–H and O–H groups in total. The molecule has 0 radical (unpaired) electrons. The van der Waals surface area contributed by atoms with Gasteiger partial charge in [0.05, 0.1) is 0 Å². The average molecular weight is 123 g/mol. The van der Waals surface area contributed by atoms with Crippen molar-refractivity contribution in [3.8, 4) is 0 Å². The van der Waals surface area contributed by atoms with Crippen LogP contribution in [0.5, 0.6) is 0 Å². The monoisotopic (exact) mass is 123 g/mol. The maximum absolute atomic E-state index is 10.1. The molecule has 9 heavy (non-hydrogen) atoms. The molecule has 1 aliphatic heterocycles. The summed E-state index contributed by atoms with van der Waals surface area (Å²) in [6.45, 7) is 2.64. The van der Waals surface area contributed by atoms with Gasteiger partial charge in [-0.2, -0.15) is 0 Å². The van der Waals surface area contributed by atoms with E-state index in [1.54, 1.807) is 0 Å². The van der Waals surface area contributed by atoms with Crippen molar-refractivity contribution < 1.29 is 4.79 Å². The van der Waals surface area contributed by atoms with Gasteiger partial charge in [0.15, 0.2) is 0 Å². The van der Waals surface area contributed by atoms with Crippen molar-refractivity contribution in [3.63, 3.8) is 0 Å². The largest absolute Gasteiger partial charge is 0.384 e. The summed E-state index contributed by atoms with van der Waals surface area (Å²) in [6.07, 6.45) is 4.60. The Bertz CT molecular complexity index is 179. The zero-order valence-electron chi connectivity index (χ0n) is 5.35. The molecule has 0 amide bonds. The van der Waals surface area contributed by atoms with E-state index in [-0.39, 0.29) is 0 Å². The van der Waals surface area contributed by atoms with Crippen LogP contribution in [0.2, 0.25) is 0 Å². The van der Waals surface area contributed by atoms with E-state index in [9.17, 15) is 4.79 Å². The van der Waals surface area contributed by atoms with Crippen molar-refractivity contribution in [1.29, 1.82) is 0 Å². The van der Waals surface area contributed by atoms with E-state index < -0.39 is 0 Å². The third-order valence-electron chi connectivity index (χ3n) is 1.27. The molecule has 48 valence electrons. The predicted molar refractivity (Wildman–Crippen MR) is 35.9 cm³/mol. The smallest absolute Gasteiger partial charge is 0.147 e. The van der Waals surface area contributed by atoms with Crippen molar-refractivity contribution in [3.05, 3.63) is 23.4 Å². The molecule has 1 aliphatic rings. The Kier molecular flexibility index (Phi) is 1.68. The molecular weight excluding hydrogens is 114 g/mol. The van der Waals surface area contributed by atoms with Gasteiger partial charge in [-0.25, -0.2) is 0 Å². The number of carbonyl (C=O) groups is 1. The molecule has 2 heteroatoms. The minimum absolute atomic E-state index is 0.672. The van der Waals surface area contributed by atoms with Crippen molar-refractivity contribution in [2.24, 2.45) is 0 Å². The van der Waals surface area contributed by atoms with E-state index in [2.05, 4.69) is 5.32 Å². The van der Waals surface area contributed by atoms with Gasteiger partial charge in [0.2, 0.25) is 0 Å². The first kappa shape index (κ1) is 6.08. The highest BCUT2D eigenvalue weighted by Crippen LogP contribution is 1.99. The Hall–Kier alpha value is -1.05. The van der Waals surface area contributed by atoms with Crippen molar-refractivity contribution in [2.75, 3.05) is 6.54 Å². The van der Waals surface area contributed by atoms with Gasteiger partial charge in [-0.15, -0.1) is 0 Å². The molecule has 0 aliphatic carbocycles. The molecule has 0 fully saturated rings. The highest BCUT2D eigenvalue weighted by molar-refractivity contribution is 5.75. The van der Waals surface area contributed by atoms with Gasteiger partial charge in [-0.05, 0) is 13.0 Å². The number of allylic oxidation sites excluding steroid dienone is 3. The van der Waals surface area contributed by atoms with Crippen LogP contribution in [0.15, 0.2) is 23.4 Å². The number of nitrogens with one attached hydrogen (secondary N) is 1. The highest BCUT2D eigenvalue weighted by Gasteiger charge is 1.97. The molecule has 0 unspecified atom stereocenters. The summed E-state index contributed by atoms with van der Waals surface area (Å²) in [5, 5.41) is 3.04. The van der Waals surface area contributed by atoms with Gasteiger partial charge in [0.25, 0.3) is 0 Å². The van der Waals surface area contributed by atoms with Crippen LogP contribution in [-0.4, -0.2) is 12.8 Å². The quantitative estimate of drug-likeness (QED) is 0.518. The zero-order valence-corrected chi connectivity index (χ0v) is 5.35. The maximum Gasteiger partial charge on any atom is 0.147 e. The van der Waals surface area contributed by atoms with E-state index in [1.807, 2.05) is 19.1 Å². The molecule has 0 aromatic rings. The van der Waals surface area contributed by atoms with Crippen LogP contribution in [0.25, 0.3) is 0 Å². The Morgan fingerprint density at radius 2 is 2.44 bits per heavy atom. The van der Waals surface area contributed by atoms with Gasteiger partial charge < -0.3 is 5.32 Å². The highest BCUT2D eigenvalue weighted by atomic mass is 16.1. The van der Waals surface area contributed by atoms with Gasteiger partial charge in [0.1, 0.15) is 6.29 Å². The Morgan fingerprint density at radius 1 is 1.67 bits per heavy atom. The first-order valence-corrected chi connectivity index (χ1v) is 2.89. The molecule has 0 bridgehead atoms. The van der Waals surface area contributed by atoms with Crippen LogP contribution >= 0.6 is 0 Å². The van der Waals surface area contributed by atoms with Crippen molar-refractivity contribution in [1.82, 2.24) is 5.32 Å². The first-order valence-electron chi connectivity index (χ1n) is 2.89.